The van der Waals surface area contributed by atoms with Crippen LogP contribution < -0.4 is 0 Å². The first-order valence-corrected chi connectivity index (χ1v) is 8.57. The Bertz CT molecular complexity index is 915. The van der Waals surface area contributed by atoms with Crippen LogP contribution in [0.1, 0.15) is 41.4 Å². The third-order valence-corrected chi connectivity index (χ3v) is 5.47. The lowest BCUT2D eigenvalue weighted by atomic mass is 9.98. The monoisotopic (exact) mass is 320 g/mol. The van der Waals surface area contributed by atoms with Crippen molar-refractivity contribution in [3.8, 4) is 5.75 Å². The van der Waals surface area contributed by atoms with Gasteiger partial charge in [0.15, 0.2) is 5.65 Å². The van der Waals surface area contributed by atoms with Crippen molar-refractivity contribution < 1.29 is 5.11 Å². The van der Waals surface area contributed by atoms with E-state index >= 15 is 0 Å². The fourth-order valence-electron chi connectivity index (χ4n) is 4.36. The zero-order valence-corrected chi connectivity index (χ0v) is 13.7. The average molecular weight is 320 g/mol. The number of phenolic OH excluding ortho intramolecular Hbond substituents is 1. The Hall–Kier alpha value is -2.40. The number of aromatic nitrogens is 3. The molecule has 1 saturated heterocycles. The molecular weight excluding hydrogens is 300 g/mol. The Labute approximate surface area is 140 Å². The van der Waals surface area contributed by atoms with Gasteiger partial charge in [0.25, 0.3) is 0 Å². The fraction of sp³-hybridized carbons (Fsp3) is 0.368. The smallest absolute Gasteiger partial charge is 0.155 e. The molecular formula is C19H20N4O. The molecule has 0 spiro atoms. The van der Waals surface area contributed by atoms with Gasteiger partial charge in [-0.15, -0.1) is 0 Å². The van der Waals surface area contributed by atoms with Crippen molar-refractivity contribution in [3.05, 3.63) is 59.0 Å². The second-order valence-electron chi connectivity index (χ2n) is 7.01. The average Bonchev–Trinajstić information content (AvgIpc) is 3.08. The van der Waals surface area contributed by atoms with Gasteiger partial charge in [0.05, 0.1) is 11.4 Å². The first kappa shape index (κ1) is 14.0. The number of rotatable bonds is 2. The summed E-state index contributed by atoms with van der Waals surface area (Å²) in [6, 6.07) is 10.6. The van der Waals surface area contributed by atoms with Gasteiger partial charge in [-0.05, 0) is 37.5 Å². The van der Waals surface area contributed by atoms with Gasteiger partial charge in [-0.25, -0.2) is 9.50 Å². The lowest BCUT2D eigenvalue weighted by molar-refractivity contribution is 0.165. The topological polar surface area (TPSA) is 53.7 Å². The lowest BCUT2D eigenvalue weighted by Crippen LogP contribution is -2.38. The standard InChI is InChI=1S/C19H20N4O/c1-12-8-19-20-10-16-17-7-4-14(9-18(16)23(19)21-12)22(17)11-13-2-5-15(24)6-3-13/h2-3,5-6,8,10,14,17,24H,4,7,9,11H2,1H3. The summed E-state index contributed by atoms with van der Waals surface area (Å²) in [6.45, 7) is 2.95. The van der Waals surface area contributed by atoms with Crippen LogP contribution in [0, 0.1) is 6.92 Å². The van der Waals surface area contributed by atoms with Gasteiger partial charge in [-0.2, -0.15) is 5.10 Å². The van der Waals surface area contributed by atoms with E-state index in [0.29, 0.717) is 17.8 Å². The minimum Gasteiger partial charge on any atom is -0.508 e. The second kappa shape index (κ2) is 5.05. The minimum absolute atomic E-state index is 0.325. The van der Waals surface area contributed by atoms with Gasteiger partial charge in [-0.1, -0.05) is 12.1 Å². The van der Waals surface area contributed by atoms with E-state index in [4.69, 9.17) is 0 Å². The van der Waals surface area contributed by atoms with Crippen LogP contribution in [-0.2, 0) is 13.0 Å². The first-order valence-electron chi connectivity index (χ1n) is 8.57. The maximum Gasteiger partial charge on any atom is 0.155 e. The molecule has 2 bridgehead atoms. The van der Waals surface area contributed by atoms with E-state index in [-0.39, 0.29) is 0 Å². The van der Waals surface area contributed by atoms with Crippen LogP contribution in [0.3, 0.4) is 0 Å². The van der Waals surface area contributed by atoms with Crippen LogP contribution in [0.5, 0.6) is 5.75 Å². The van der Waals surface area contributed by atoms with Crippen molar-refractivity contribution in [3.63, 3.8) is 0 Å². The Morgan fingerprint density at radius 1 is 1.21 bits per heavy atom. The van der Waals surface area contributed by atoms with Crippen LogP contribution in [0.25, 0.3) is 5.65 Å². The van der Waals surface area contributed by atoms with Crippen molar-refractivity contribution in [1.29, 1.82) is 0 Å². The molecule has 0 amide bonds. The summed E-state index contributed by atoms with van der Waals surface area (Å²) < 4.78 is 2.05. The molecule has 0 saturated carbocycles. The molecule has 1 N–H and O–H groups in total. The molecule has 3 aromatic rings. The van der Waals surface area contributed by atoms with Crippen LogP contribution >= 0.6 is 0 Å². The highest BCUT2D eigenvalue weighted by atomic mass is 16.3. The molecule has 2 unspecified atom stereocenters. The van der Waals surface area contributed by atoms with E-state index in [1.54, 1.807) is 12.1 Å². The highest BCUT2D eigenvalue weighted by molar-refractivity contribution is 5.44. The summed E-state index contributed by atoms with van der Waals surface area (Å²) in [7, 11) is 0. The predicted molar refractivity (Wildman–Crippen MR) is 90.8 cm³/mol. The second-order valence-corrected chi connectivity index (χ2v) is 7.01. The maximum atomic E-state index is 9.48. The molecule has 24 heavy (non-hydrogen) atoms. The van der Waals surface area contributed by atoms with Gasteiger partial charge < -0.3 is 5.11 Å². The van der Waals surface area contributed by atoms with Gasteiger partial charge in [0.2, 0.25) is 0 Å². The molecule has 0 aliphatic carbocycles. The van der Waals surface area contributed by atoms with Crippen LogP contribution in [0.15, 0.2) is 36.5 Å². The number of phenols is 1. The summed E-state index contributed by atoms with van der Waals surface area (Å²) >= 11 is 0. The Morgan fingerprint density at radius 3 is 2.88 bits per heavy atom. The molecule has 122 valence electrons. The largest absolute Gasteiger partial charge is 0.508 e. The van der Waals surface area contributed by atoms with Gasteiger partial charge in [-0.3, -0.25) is 4.90 Å². The number of hydrogen-bond donors (Lipinski definition) is 1. The van der Waals surface area contributed by atoms with Gasteiger partial charge in [0, 0.05) is 42.9 Å². The zero-order valence-electron chi connectivity index (χ0n) is 13.7. The number of hydrogen-bond acceptors (Lipinski definition) is 4. The molecule has 5 heteroatoms. The van der Waals surface area contributed by atoms with E-state index in [2.05, 4.69) is 21.2 Å². The van der Waals surface area contributed by atoms with Crippen LogP contribution in [-0.4, -0.2) is 30.6 Å². The quantitative estimate of drug-likeness (QED) is 0.788. The Balaban J connectivity index is 1.53. The van der Waals surface area contributed by atoms with Crippen molar-refractivity contribution in [2.75, 3.05) is 0 Å². The normalized spacial score (nSPS) is 22.9. The van der Waals surface area contributed by atoms with Gasteiger partial charge >= 0.3 is 0 Å². The van der Waals surface area contributed by atoms with E-state index in [9.17, 15) is 5.11 Å². The molecule has 1 aromatic carbocycles. The fourth-order valence-corrected chi connectivity index (χ4v) is 4.36. The van der Waals surface area contributed by atoms with E-state index in [1.807, 2.05) is 29.6 Å². The predicted octanol–water partition coefficient (Wildman–Crippen LogP) is 3.01. The number of benzene rings is 1. The third kappa shape index (κ3) is 2.04. The summed E-state index contributed by atoms with van der Waals surface area (Å²) in [5, 5.41) is 14.1. The highest BCUT2D eigenvalue weighted by Gasteiger charge is 2.41. The molecule has 5 rings (SSSR count). The molecule has 2 atom stereocenters. The number of aromatic hydroxyl groups is 1. The van der Waals surface area contributed by atoms with Crippen molar-refractivity contribution >= 4 is 5.65 Å². The molecule has 2 aliphatic heterocycles. The molecule has 0 radical (unpaired) electrons. The molecule has 2 aliphatic rings. The van der Waals surface area contributed by atoms with Crippen molar-refractivity contribution in [2.45, 2.75) is 44.8 Å². The summed E-state index contributed by atoms with van der Waals surface area (Å²) in [4.78, 5) is 7.22. The summed E-state index contributed by atoms with van der Waals surface area (Å²) in [6.07, 6.45) is 5.49. The Kier molecular flexibility index (Phi) is 2.94. The molecule has 5 nitrogen and oxygen atoms in total. The molecule has 4 heterocycles. The van der Waals surface area contributed by atoms with E-state index in [0.717, 1.165) is 24.3 Å². The Morgan fingerprint density at radius 2 is 2.04 bits per heavy atom. The summed E-state index contributed by atoms with van der Waals surface area (Å²) in [5.41, 5.74) is 5.89. The van der Waals surface area contributed by atoms with E-state index < -0.39 is 0 Å². The highest BCUT2D eigenvalue weighted by Crippen LogP contribution is 2.44. The zero-order chi connectivity index (χ0) is 16.3. The molecule has 1 fully saturated rings. The minimum atomic E-state index is 0.325. The molecule has 2 aromatic heterocycles. The van der Waals surface area contributed by atoms with E-state index in [1.165, 1.54) is 29.7 Å². The third-order valence-electron chi connectivity index (χ3n) is 5.47. The lowest BCUT2D eigenvalue weighted by Gasteiger charge is -2.36. The SMILES string of the molecule is Cc1cc2ncc3c(n2n1)CC1CCC3N1Cc1ccc(O)cc1. The number of nitrogens with zero attached hydrogens (tertiary/aromatic N) is 4. The van der Waals surface area contributed by atoms with Crippen LogP contribution in [0.4, 0.5) is 0 Å². The van der Waals surface area contributed by atoms with Gasteiger partial charge in [0.1, 0.15) is 5.75 Å². The first-order chi connectivity index (χ1) is 11.7. The number of aryl methyl sites for hydroxylation is 1. The number of fused-ring (bicyclic) bond motifs is 6. The summed E-state index contributed by atoms with van der Waals surface area (Å²) in [5.74, 6) is 0.325. The maximum absolute atomic E-state index is 9.48. The van der Waals surface area contributed by atoms with Crippen molar-refractivity contribution in [2.24, 2.45) is 0 Å². The van der Waals surface area contributed by atoms with Crippen molar-refractivity contribution in [1.82, 2.24) is 19.5 Å². The van der Waals surface area contributed by atoms with Crippen LogP contribution in [0.2, 0.25) is 0 Å².